The third-order valence-corrected chi connectivity index (χ3v) is 5.36. The number of fused-ring (bicyclic) bond motifs is 3. The Labute approximate surface area is 118 Å². The predicted molar refractivity (Wildman–Crippen MR) is 76.7 cm³/mol. The zero-order valence-corrected chi connectivity index (χ0v) is 11.5. The van der Waals surface area contributed by atoms with Crippen LogP contribution in [-0.2, 0) is 11.2 Å². The average molecular weight is 269 g/mol. The number of anilines is 1. The number of carbonyl (C=O) groups excluding carboxylic acids is 2. The zero-order valence-electron chi connectivity index (χ0n) is 11.5. The molecule has 3 nitrogen and oxygen atoms in total. The number of carbonyl (C=O) groups is 2. The molecular formula is C17H19NO2. The smallest absolute Gasteiger partial charge is 0.224 e. The van der Waals surface area contributed by atoms with Gasteiger partial charge in [0, 0.05) is 23.6 Å². The van der Waals surface area contributed by atoms with Crippen LogP contribution in [0, 0.1) is 17.8 Å². The van der Waals surface area contributed by atoms with Crippen LogP contribution in [0.25, 0.3) is 0 Å². The number of hydrogen-bond donors (Lipinski definition) is 1. The van der Waals surface area contributed by atoms with E-state index in [9.17, 15) is 9.59 Å². The Kier molecular flexibility index (Phi) is 2.69. The monoisotopic (exact) mass is 269 g/mol. The van der Waals surface area contributed by atoms with Gasteiger partial charge in [-0.25, -0.2) is 0 Å². The minimum atomic E-state index is 0.0738. The Hall–Kier alpha value is -1.64. The molecule has 3 aliphatic rings. The SMILES string of the molecule is O=C1CCc2cc(C(=O)C3CC4CCC3C4)ccc2N1. The van der Waals surface area contributed by atoms with Crippen molar-refractivity contribution in [3.8, 4) is 0 Å². The molecule has 1 heterocycles. The summed E-state index contributed by atoms with van der Waals surface area (Å²) in [5.41, 5.74) is 2.83. The maximum absolute atomic E-state index is 12.7. The normalized spacial score (nSPS) is 31.0. The van der Waals surface area contributed by atoms with E-state index in [1.54, 1.807) is 0 Å². The minimum Gasteiger partial charge on any atom is -0.326 e. The Balaban J connectivity index is 1.59. The van der Waals surface area contributed by atoms with Crippen LogP contribution in [0.1, 0.15) is 48.0 Å². The van der Waals surface area contributed by atoms with Crippen molar-refractivity contribution >= 4 is 17.4 Å². The summed E-state index contributed by atoms with van der Waals surface area (Å²) in [5, 5.41) is 2.87. The molecule has 1 N–H and O–H groups in total. The quantitative estimate of drug-likeness (QED) is 0.838. The van der Waals surface area contributed by atoms with Crippen molar-refractivity contribution in [1.29, 1.82) is 0 Å². The molecule has 1 aromatic carbocycles. The van der Waals surface area contributed by atoms with E-state index in [2.05, 4.69) is 5.32 Å². The molecule has 0 spiro atoms. The highest BCUT2D eigenvalue weighted by molar-refractivity contribution is 6.00. The Morgan fingerprint density at radius 3 is 2.80 bits per heavy atom. The van der Waals surface area contributed by atoms with Crippen LogP contribution in [0.4, 0.5) is 5.69 Å². The molecule has 1 aliphatic heterocycles. The van der Waals surface area contributed by atoms with E-state index in [1.807, 2.05) is 18.2 Å². The van der Waals surface area contributed by atoms with E-state index in [1.165, 1.54) is 19.3 Å². The fraction of sp³-hybridized carbons (Fsp3) is 0.529. The number of hydrogen-bond acceptors (Lipinski definition) is 2. The second kappa shape index (κ2) is 4.44. The first-order valence-electron chi connectivity index (χ1n) is 7.67. The van der Waals surface area contributed by atoms with Gasteiger partial charge < -0.3 is 5.32 Å². The molecule has 3 atom stereocenters. The maximum Gasteiger partial charge on any atom is 0.224 e. The second-order valence-corrected chi connectivity index (χ2v) is 6.57. The first-order chi connectivity index (χ1) is 9.70. The van der Waals surface area contributed by atoms with E-state index in [4.69, 9.17) is 0 Å². The van der Waals surface area contributed by atoms with Crippen molar-refractivity contribution in [2.24, 2.45) is 17.8 Å². The topological polar surface area (TPSA) is 46.2 Å². The van der Waals surface area contributed by atoms with Crippen molar-refractivity contribution < 1.29 is 9.59 Å². The lowest BCUT2D eigenvalue weighted by molar-refractivity contribution is -0.116. The molecule has 104 valence electrons. The zero-order chi connectivity index (χ0) is 13.7. The Bertz CT molecular complexity index is 593. The largest absolute Gasteiger partial charge is 0.326 e. The first kappa shape index (κ1) is 12.1. The number of ketones is 1. The highest BCUT2D eigenvalue weighted by atomic mass is 16.1. The van der Waals surface area contributed by atoms with E-state index in [0.717, 1.165) is 35.6 Å². The van der Waals surface area contributed by atoms with Gasteiger partial charge in [0.2, 0.25) is 5.91 Å². The van der Waals surface area contributed by atoms with Gasteiger partial charge in [0.05, 0.1) is 0 Å². The molecule has 2 aliphatic carbocycles. The van der Waals surface area contributed by atoms with Gasteiger partial charge in [-0.15, -0.1) is 0 Å². The van der Waals surface area contributed by atoms with Crippen LogP contribution in [-0.4, -0.2) is 11.7 Å². The summed E-state index contributed by atoms with van der Waals surface area (Å²) in [5.74, 6) is 2.08. The minimum absolute atomic E-state index is 0.0738. The second-order valence-electron chi connectivity index (χ2n) is 6.57. The average Bonchev–Trinajstić information content (AvgIpc) is 3.08. The van der Waals surface area contributed by atoms with Crippen molar-refractivity contribution in [1.82, 2.24) is 0 Å². The predicted octanol–water partition coefficient (Wildman–Crippen LogP) is 3.19. The van der Waals surface area contributed by atoms with Crippen molar-refractivity contribution in [2.45, 2.75) is 38.5 Å². The van der Waals surface area contributed by atoms with Gasteiger partial charge in [0.25, 0.3) is 0 Å². The third-order valence-electron chi connectivity index (χ3n) is 5.36. The summed E-state index contributed by atoms with van der Waals surface area (Å²) in [7, 11) is 0. The summed E-state index contributed by atoms with van der Waals surface area (Å²) >= 11 is 0. The molecule has 3 heteroatoms. The van der Waals surface area contributed by atoms with E-state index < -0.39 is 0 Å². The number of nitrogens with one attached hydrogen (secondary N) is 1. The van der Waals surface area contributed by atoms with E-state index in [0.29, 0.717) is 18.1 Å². The fourth-order valence-corrected chi connectivity index (χ4v) is 4.32. The Morgan fingerprint density at radius 1 is 1.15 bits per heavy atom. The highest BCUT2D eigenvalue weighted by Gasteiger charge is 2.43. The van der Waals surface area contributed by atoms with E-state index >= 15 is 0 Å². The van der Waals surface area contributed by atoms with Gasteiger partial charge in [0.15, 0.2) is 5.78 Å². The van der Waals surface area contributed by atoms with Crippen LogP contribution in [0.15, 0.2) is 18.2 Å². The molecule has 20 heavy (non-hydrogen) atoms. The lowest BCUT2D eigenvalue weighted by atomic mass is 9.82. The Morgan fingerprint density at radius 2 is 2.05 bits per heavy atom. The number of benzene rings is 1. The molecule has 0 radical (unpaired) electrons. The molecular weight excluding hydrogens is 250 g/mol. The molecule has 4 rings (SSSR count). The van der Waals surface area contributed by atoms with Crippen LogP contribution in [0.5, 0.6) is 0 Å². The summed E-state index contributed by atoms with van der Waals surface area (Å²) in [6, 6.07) is 5.79. The molecule has 1 amide bonds. The van der Waals surface area contributed by atoms with E-state index in [-0.39, 0.29) is 11.8 Å². The maximum atomic E-state index is 12.7. The van der Waals surface area contributed by atoms with Crippen LogP contribution >= 0.6 is 0 Å². The van der Waals surface area contributed by atoms with Gasteiger partial charge in [-0.2, -0.15) is 0 Å². The highest BCUT2D eigenvalue weighted by Crippen LogP contribution is 2.49. The van der Waals surface area contributed by atoms with Gasteiger partial charge in [-0.3, -0.25) is 9.59 Å². The third kappa shape index (κ3) is 1.88. The van der Waals surface area contributed by atoms with Crippen molar-refractivity contribution in [3.63, 3.8) is 0 Å². The van der Waals surface area contributed by atoms with Crippen LogP contribution in [0.2, 0.25) is 0 Å². The summed E-state index contributed by atoms with van der Waals surface area (Å²) < 4.78 is 0. The van der Waals surface area contributed by atoms with Crippen LogP contribution in [0.3, 0.4) is 0 Å². The number of Topliss-reactive ketones (excluding diaryl/α,β-unsaturated/α-hetero) is 1. The lowest BCUT2D eigenvalue weighted by Crippen LogP contribution is -2.22. The molecule has 1 aromatic rings. The molecule has 0 saturated heterocycles. The number of amides is 1. The van der Waals surface area contributed by atoms with Gasteiger partial charge in [-0.1, -0.05) is 6.42 Å². The molecule has 3 unspecified atom stereocenters. The van der Waals surface area contributed by atoms with Gasteiger partial charge >= 0.3 is 0 Å². The lowest BCUT2D eigenvalue weighted by Gasteiger charge is -2.22. The molecule has 2 bridgehead atoms. The van der Waals surface area contributed by atoms with Crippen molar-refractivity contribution in [2.75, 3.05) is 5.32 Å². The van der Waals surface area contributed by atoms with Crippen molar-refractivity contribution in [3.05, 3.63) is 29.3 Å². The summed E-state index contributed by atoms with van der Waals surface area (Å²) in [6.45, 7) is 0. The van der Waals surface area contributed by atoms with Gasteiger partial charge in [0.1, 0.15) is 0 Å². The number of rotatable bonds is 2. The van der Waals surface area contributed by atoms with Crippen LogP contribution < -0.4 is 5.32 Å². The molecule has 2 fully saturated rings. The molecule has 0 aromatic heterocycles. The summed E-state index contributed by atoms with van der Waals surface area (Å²) in [6.07, 6.45) is 6.19. The molecule has 2 saturated carbocycles. The first-order valence-corrected chi connectivity index (χ1v) is 7.67. The number of aryl methyl sites for hydroxylation is 1. The van der Waals surface area contributed by atoms with Gasteiger partial charge in [-0.05, 0) is 61.3 Å². The standard InChI is InChI=1S/C17H19NO2/c19-16-6-4-12-9-13(3-5-15(12)18-16)17(20)14-8-10-1-2-11(14)7-10/h3,5,9-11,14H,1-2,4,6-8H2,(H,18,19). The fourth-order valence-electron chi connectivity index (χ4n) is 4.32. The summed E-state index contributed by atoms with van der Waals surface area (Å²) in [4.78, 5) is 24.1.